The SMILES string of the molecule is CCOc1ccc(/C=C/C(=O)NCC2(CCO)CC2)cc1. The van der Waals surface area contributed by atoms with Crippen LogP contribution in [0.4, 0.5) is 0 Å². The smallest absolute Gasteiger partial charge is 0.244 e. The molecule has 4 heteroatoms. The Labute approximate surface area is 125 Å². The highest BCUT2D eigenvalue weighted by molar-refractivity contribution is 5.91. The van der Waals surface area contributed by atoms with Crippen LogP contribution in [0.5, 0.6) is 5.75 Å². The van der Waals surface area contributed by atoms with E-state index in [1.165, 1.54) is 0 Å². The van der Waals surface area contributed by atoms with Gasteiger partial charge in [0.2, 0.25) is 5.91 Å². The molecule has 0 spiro atoms. The van der Waals surface area contributed by atoms with E-state index < -0.39 is 0 Å². The second-order valence-corrected chi connectivity index (χ2v) is 5.53. The van der Waals surface area contributed by atoms with Crippen molar-refractivity contribution in [3.63, 3.8) is 0 Å². The molecular formula is C17H23NO3. The van der Waals surface area contributed by atoms with Crippen molar-refractivity contribution in [3.8, 4) is 5.75 Å². The number of aliphatic hydroxyl groups excluding tert-OH is 1. The molecule has 2 rings (SSSR count). The van der Waals surface area contributed by atoms with Crippen LogP contribution in [0.1, 0.15) is 31.7 Å². The molecule has 21 heavy (non-hydrogen) atoms. The summed E-state index contributed by atoms with van der Waals surface area (Å²) in [7, 11) is 0. The molecule has 1 aromatic carbocycles. The normalized spacial score (nSPS) is 15.9. The van der Waals surface area contributed by atoms with E-state index in [4.69, 9.17) is 9.84 Å². The molecule has 4 nitrogen and oxygen atoms in total. The maximum absolute atomic E-state index is 11.8. The number of rotatable bonds is 8. The monoisotopic (exact) mass is 289 g/mol. The minimum atomic E-state index is -0.0897. The summed E-state index contributed by atoms with van der Waals surface area (Å²) >= 11 is 0. The summed E-state index contributed by atoms with van der Waals surface area (Å²) in [6.07, 6.45) is 6.30. The zero-order valence-corrected chi connectivity index (χ0v) is 12.5. The summed E-state index contributed by atoms with van der Waals surface area (Å²) in [4.78, 5) is 11.8. The molecule has 1 amide bonds. The standard InChI is InChI=1S/C17H23NO3/c1-2-21-15-6-3-14(4-7-15)5-8-16(20)18-13-17(9-10-17)11-12-19/h3-8,19H,2,9-13H2,1H3,(H,18,20)/b8-5+. The van der Waals surface area contributed by atoms with E-state index in [1.54, 1.807) is 12.2 Å². The lowest BCUT2D eigenvalue weighted by atomic mass is 10.0. The van der Waals surface area contributed by atoms with Gasteiger partial charge in [0.15, 0.2) is 0 Å². The molecule has 0 aliphatic heterocycles. The van der Waals surface area contributed by atoms with Crippen molar-refractivity contribution in [2.24, 2.45) is 5.41 Å². The van der Waals surface area contributed by atoms with Crippen LogP contribution >= 0.6 is 0 Å². The number of carbonyl (C=O) groups excluding carboxylic acids is 1. The van der Waals surface area contributed by atoms with Gasteiger partial charge in [0.25, 0.3) is 0 Å². The summed E-state index contributed by atoms with van der Waals surface area (Å²) in [6.45, 7) is 3.44. The van der Waals surface area contributed by atoms with E-state index in [0.29, 0.717) is 13.2 Å². The van der Waals surface area contributed by atoms with Crippen LogP contribution in [-0.4, -0.2) is 30.8 Å². The maximum Gasteiger partial charge on any atom is 0.244 e. The van der Waals surface area contributed by atoms with Gasteiger partial charge in [0.1, 0.15) is 5.75 Å². The average Bonchev–Trinajstić information content (AvgIpc) is 3.25. The maximum atomic E-state index is 11.8. The van der Waals surface area contributed by atoms with Crippen molar-refractivity contribution in [3.05, 3.63) is 35.9 Å². The number of carbonyl (C=O) groups is 1. The summed E-state index contributed by atoms with van der Waals surface area (Å²) in [5.74, 6) is 0.742. The zero-order valence-electron chi connectivity index (χ0n) is 12.5. The van der Waals surface area contributed by atoms with Crippen LogP contribution in [0.3, 0.4) is 0 Å². The molecule has 0 atom stereocenters. The number of nitrogens with one attached hydrogen (secondary N) is 1. The average molecular weight is 289 g/mol. The van der Waals surface area contributed by atoms with Gasteiger partial charge in [0.05, 0.1) is 6.61 Å². The fourth-order valence-electron chi connectivity index (χ4n) is 2.28. The van der Waals surface area contributed by atoms with Gasteiger partial charge in [-0.1, -0.05) is 12.1 Å². The number of ether oxygens (including phenoxy) is 1. The molecule has 0 aromatic heterocycles. The third-order valence-corrected chi connectivity index (χ3v) is 3.86. The predicted octanol–water partition coefficient (Wildman–Crippen LogP) is 2.38. The first-order valence-electron chi connectivity index (χ1n) is 7.47. The zero-order chi connectivity index (χ0) is 15.1. The predicted molar refractivity (Wildman–Crippen MR) is 83.0 cm³/mol. The minimum absolute atomic E-state index is 0.0897. The molecule has 0 bridgehead atoms. The van der Waals surface area contributed by atoms with E-state index in [0.717, 1.165) is 30.6 Å². The Balaban J connectivity index is 1.79. The number of aliphatic hydroxyl groups is 1. The van der Waals surface area contributed by atoms with Crippen LogP contribution in [0.2, 0.25) is 0 Å². The molecule has 1 saturated carbocycles. The second kappa shape index (κ2) is 7.27. The van der Waals surface area contributed by atoms with Crippen molar-refractivity contribution in [1.29, 1.82) is 0 Å². The molecule has 1 fully saturated rings. The molecule has 0 unspecified atom stereocenters. The van der Waals surface area contributed by atoms with E-state index in [1.807, 2.05) is 31.2 Å². The van der Waals surface area contributed by atoms with Crippen LogP contribution in [0, 0.1) is 5.41 Å². The Morgan fingerprint density at radius 3 is 2.67 bits per heavy atom. The van der Waals surface area contributed by atoms with Crippen LogP contribution in [0.25, 0.3) is 6.08 Å². The van der Waals surface area contributed by atoms with Crippen molar-refractivity contribution in [2.45, 2.75) is 26.2 Å². The molecular weight excluding hydrogens is 266 g/mol. The first kappa shape index (κ1) is 15.6. The highest BCUT2D eigenvalue weighted by Crippen LogP contribution is 2.47. The summed E-state index contributed by atoms with van der Waals surface area (Å²) in [6, 6.07) is 7.62. The van der Waals surface area contributed by atoms with E-state index >= 15 is 0 Å². The molecule has 114 valence electrons. The molecule has 2 N–H and O–H groups in total. The van der Waals surface area contributed by atoms with Gasteiger partial charge in [-0.2, -0.15) is 0 Å². The molecule has 1 aromatic rings. The second-order valence-electron chi connectivity index (χ2n) is 5.53. The van der Waals surface area contributed by atoms with Crippen molar-refractivity contribution >= 4 is 12.0 Å². The van der Waals surface area contributed by atoms with Gasteiger partial charge in [-0.05, 0) is 55.4 Å². The number of benzene rings is 1. The summed E-state index contributed by atoms with van der Waals surface area (Å²) in [5, 5.41) is 11.9. The molecule has 0 saturated heterocycles. The summed E-state index contributed by atoms with van der Waals surface area (Å²) < 4.78 is 5.37. The van der Waals surface area contributed by atoms with Gasteiger partial charge < -0.3 is 15.2 Å². The van der Waals surface area contributed by atoms with Crippen molar-refractivity contribution < 1.29 is 14.6 Å². The molecule has 0 radical (unpaired) electrons. The van der Waals surface area contributed by atoms with E-state index in [9.17, 15) is 4.79 Å². The van der Waals surface area contributed by atoms with Crippen molar-refractivity contribution in [1.82, 2.24) is 5.32 Å². The molecule has 1 aliphatic carbocycles. The van der Waals surface area contributed by atoms with Gasteiger partial charge in [-0.15, -0.1) is 0 Å². The van der Waals surface area contributed by atoms with E-state index in [-0.39, 0.29) is 17.9 Å². The Kier molecular flexibility index (Phi) is 5.39. The Morgan fingerprint density at radius 2 is 2.10 bits per heavy atom. The number of hydrogen-bond donors (Lipinski definition) is 2. The highest BCUT2D eigenvalue weighted by Gasteiger charge is 2.41. The van der Waals surface area contributed by atoms with Crippen LogP contribution in [0.15, 0.2) is 30.3 Å². The van der Waals surface area contributed by atoms with Crippen LogP contribution in [-0.2, 0) is 4.79 Å². The number of hydrogen-bond acceptors (Lipinski definition) is 3. The third kappa shape index (κ3) is 4.90. The fraction of sp³-hybridized carbons (Fsp3) is 0.471. The topological polar surface area (TPSA) is 58.6 Å². The van der Waals surface area contributed by atoms with Crippen molar-refractivity contribution in [2.75, 3.05) is 19.8 Å². The quantitative estimate of drug-likeness (QED) is 0.722. The van der Waals surface area contributed by atoms with Crippen LogP contribution < -0.4 is 10.1 Å². The fourth-order valence-corrected chi connectivity index (χ4v) is 2.28. The van der Waals surface area contributed by atoms with Gasteiger partial charge >= 0.3 is 0 Å². The lowest BCUT2D eigenvalue weighted by Gasteiger charge is -2.13. The summed E-state index contributed by atoms with van der Waals surface area (Å²) in [5.41, 5.74) is 1.11. The number of amides is 1. The minimum Gasteiger partial charge on any atom is -0.494 e. The Morgan fingerprint density at radius 1 is 1.38 bits per heavy atom. The largest absolute Gasteiger partial charge is 0.494 e. The molecule has 0 heterocycles. The van der Waals surface area contributed by atoms with Gasteiger partial charge in [-0.25, -0.2) is 0 Å². The first-order chi connectivity index (χ1) is 10.2. The Bertz CT molecular complexity index is 489. The lowest BCUT2D eigenvalue weighted by molar-refractivity contribution is -0.116. The molecule has 1 aliphatic rings. The van der Waals surface area contributed by atoms with E-state index in [2.05, 4.69) is 5.32 Å². The highest BCUT2D eigenvalue weighted by atomic mass is 16.5. The van der Waals surface area contributed by atoms with Gasteiger partial charge in [-0.3, -0.25) is 4.79 Å². The van der Waals surface area contributed by atoms with Gasteiger partial charge in [0, 0.05) is 19.2 Å². The first-order valence-corrected chi connectivity index (χ1v) is 7.47. The Hall–Kier alpha value is -1.81. The third-order valence-electron chi connectivity index (χ3n) is 3.86. The lowest BCUT2D eigenvalue weighted by Crippen LogP contribution is -2.29.